The van der Waals surface area contributed by atoms with Crippen LogP contribution in [0.25, 0.3) is 0 Å². The molecule has 2 aromatic carbocycles. The Morgan fingerprint density at radius 1 is 1.11 bits per heavy atom. The highest BCUT2D eigenvalue weighted by molar-refractivity contribution is 6.30. The van der Waals surface area contributed by atoms with E-state index in [4.69, 9.17) is 16.3 Å². The minimum Gasteiger partial charge on any atom is -0.465 e. The predicted octanol–water partition coefficient (Wildman–Crippen LogP) is 3.16. The van der Waals surface area contributed by atoms with E-state index in [1.165, 1.54) is 18.9 Å². The zero-order valence-electron chi connectivity index (χ0n) is 15.2. The Balaban J connectivity index is 2.01. The van der Waals surface area contributed by atoms with Crippen molar-refractivity contribution in [1.29, 1.82) is 0 Å². The number of carbonyl (C=O) groups is 3. The maximum absolute atomic E-state index is 12.4. The van der Waals surface area contributed by atoms with Crippen LogP contribution in [0, 0.1) is 0 Å². The lowest BCUT2D eigenvalue weighted by molar-refractivity contribution is -0.132. The molecule has 1 N–H and O–H groups in total. The zero-order valence-corrected chi connectivity index (χ0v) is 16.0. The largest absolute Gasteiger partial charge is 0.465 e. The third-order valence-electron chi connectivity index (χ3n) is 3.95. The molecule has 142 valence electrons. The van der Waals surface area contributed by atoms with Crippen molar-refractivity contribution < 1.29 is 19.1 Å². The lowest BCUT2D eigenvalue weighted by atomic mass is 10.1. The monoisotopic (exact) mass is 388 g/mol. The number of ether oxygens (including phenoxy) is 1. The molecule has 0 aliphatic rings. The Kier molecular flexibility index (Phi) is 7.37. The van der Waals surface area contributed by atoms with E-state index >= 15 is 0 Å². The van der Waals surface area contributed by atoms with Crippen LogP contribution >= 0.6 is 11.6 Å². The van der Waals surface area contributed by atoms with E-state index in [1.807, 2.05) is 18.2 Å². The van der Waals surface area contributed by atoms with Gasteiger partial charge in [0.2, 0.25) is 11.8 Å². The predicted molar refractivity (Wildman–Crippen MR) is 104 cm³/mol. The summed E-state index contributed by atoms with van der Waals surface area (Å²) in [4.78, 5) is 37.5. The Labute approximate surface area is 163 Å². The number of esters is 1. The maximum Gasteiger partial charge on any atom is 0.339 e. The number of hydrogen-bond donors (Lipinski definition) is 1. The molecule has 7 heteroatoms. The Bertz CT molecular complexity index is 838. The number of nitrogens with zero attached hydrogens (tertiary/aromatic N) is 1. The molecule has 0 aliphatic carbocycles. The van der Waals surface area contributed by atoms with E-state index < -0.39 is 11.9 Å². The molecule has 0 aliphatic heterocycles. The molecule has 2 rings (SSSR count). The molecule has 0 unspecified atom stereocenters. The lowest BCUT2D eigenvalue weighted by Crippen LogP contribution is -2.38. The summed E-state index contributed by atoms with van der Waals surface area (Å²) in [5.41, 5.74) is 1.57. The molecule has 27 heavy (non-hydrogen) atoms. The fourth-order valence-electron chi connectivity index (χ4n) is 2.55. The van der Waals surface area contributed by atoms with Crippen LogP contribution in [0.5, 0.6) is 0 Å². The molecule has 0 atom stereocenters. The number of hydrogen-bond acceptors (Lipinski definition) is 4. The Hall–Kier alpha value is -2.86. The van der Waals surface area contributed by atoms with Gasteiger partial charge in [-0.1, -0.05) is 35.9 Å². The standard InChI is InChI=1S/C20H21ClN2O4/c1-14(24)23(11-10-15-6-5-7-16(21)12-15)13-19(25)22-18-9-4-3-8-17(18)20(26)27-2/h3-9,12H,10-11,13H2,1-2H3,(H,22,25). The van der Waals surface area contributed by atoms with Gasteiger partial charge >= 0.3 is 5.97 Å². The van der Waals surface area contributed by atoms with Crippen LogP contribution in [0.4, 0.5) is 5.69 Å². The first-order valence-electron chi connectivity index (χ1n) is 8.38. The number of halogens is 1. The van der Waals surface area contributed by atoms with Crippen LogP contribution in [-0.2, 0) is 20.7 Å². The topological polar surface area (TPSA) is 75.7 Å². The van der Waals surface area contributed by atoms with Crippen molar-refractivity contribution >= 4 is 35.1 Å². The zero-order chi connectivity index (χ0) is 19.8. The normalized spacial score (nSPS) is 10.2. The summed E-state index contributed by atoms with van der Waals surface area (Å²) in [7, 11) is 1.27. The molecule has 0 saturated carbocycles. The quantitative estimate of drug-likeness (QED) is 0.739. The number of carbonyl (C=O) groups excluding carboxylic acids is 3. The Morgan fingerprint density at radius 2 is 1.85 bits per heavy atom. The average Bonchev–Trinajstić information content (AvgIpc) is 2.64. The van der Waals surface area contributed by atoms with E-state index in [0.717, 1.165) is 5.56 Å². The summed E-state index contributed by atoms with van der Waals surface area (Å²) in [6, 6.07) is 13.9. The van der Waals surface area contributed by atoms with Gasteiger partial charge in [-0.05, 0) is 36.2 Å². The molecule has 0 radical (unpaired) electrons. The highest BCUT2D eigenvalue weighted by atomic mass is 35.5. The van der Waals surface area contributed by atoms with Crippen molar-refractivity contribution in [2.24, 2.45) is 0 Å². The van der Waals surface area contributed by atoms with Crippen molar-refractivity contribution in [3.05, 3.63) is 64.7 Å². The molecule has 0 fully saturated rings. The highest BCUT2D eigenvalue weighted by Gasteiger charge is 2.17. The molecule has 0 saturated heterocycles. The number of methoxy groups -OCH3 is 1. The van der Waals surface area contributed by atoms with Gasteiger partial charge in [0, 0.05) is 18.5 Å². The lowest BCUT2D eigenvalue weighted by Gasteiger charge is -2.21. The molecule has 2 aromatic rings. The van der Waals surface area contributed by atoms with Gasteiger partial charge in [-0.2, -0.15) is 0 Å². The SMILES string of the molecule is COC(=O)c1ccccc1NC(=O)CN(CCc1cccc(Cl)c1)C(C)=O. The van der Waals surface area contributed by atoms with Crippen molar-refractivity contribution in [3.63, 3.8) is 0 Å². The van der Waals surface area contributed by atoms with Crippen LogP contribution in [0.15, 0.2) is 48.5 Å². The van der Waals surface area contributed by atoms with Crippen LogP contribution in [0.3, 0.4) is 0 Å². The molecular weight excluding hydrogens is 368 g/mol. The molecule has 6 nitrogen and oxygen atoms in total. The summed E-state index contributed by atoms with van der Waals surface area (Å²) >= 11 is 5.97. The molecule has 2 amide bonds. The van der Waals surface area contributed by atoms with Crippen molar-refractivity contribution in [2.75, 3.05) is 25.5 Å². The van der Waals surface area contributed by atoms with E-state index in [-0.39, 0.29) is 18.0 Å². The molecule has 0 bridgehead atoms. The minimum atomic E-state index is -0.546. The van der Waals surface area contributed by atoms with Gasteiger partial charge in [-0.3, -0.25) is 9.59 Å². The summed E-state index contributed by atoms with van der Waals surface area (Å²) in [6.45, 7) is 1.67. The highest BCUT2D eigenvalue weighted by Crippen LogP contribution is 2.16. The van der Waals surface area contributed by atoms with E-state index in [1.54, 1.807) is 30.3 Å². The summed E-state index contributed by atoms with van der Waals surface area (Å²) in [5.74, 6) is -1.16. The second-order valence-electron chi connectivity index (χ2n) is 5.91. The Morgan fingerprint density at radius 3 is 2.52 bits per heavy atom. The third kappa shape index (κ3) is 6.11. The molecule has 0 aromatic heterocycles. The van der Waals surface area contributed by atoms with E-state index in [0.29, 0.717) is 23.7 Å². The van der Waals surface area contributed by atoms with Gasteiger partial charge in [-0.25, -0.2) is 4.79 Å². The number of rotatable bonds is 7. The average molecular weight is 389 g/mol. The number of anilines is 1. The maximum atomic E-state index is 12.4. The minimum absolute atomic E-state index is 0.120. The second kappa shape index (κ2) is 9.73. The van der Waals surface area contributed by atoms with Gasteiger partial charge in [0.1, 0.15) is 0 Å². The van der Waals surface area contributed by atoms with Gasteiger partial charge in [-0.15, -0.1) is 0 Å². The second-order valence-corrected chi connectivity index (χ2v) is 6.34. The third-order valence-corrected chi connectivity index (χ3v) is 4.18. The fourth-order valence-corrected chi connectivity index (χ4v) is 2.76. The first-order chi connectivity index (χ1) is 12.9. The van der Waals surface area contributed by atoms with Crippen LogP contribution in [0.2, 0.25) is 5.02 Å². The number of amides is 2. The van der Waals surface area contributed by atoms with Crippen LogP contribution in [-0.4, -0.2) is 42.9 Å². The van der Waals surface area contributed by atoms with E-state index in [2.05, 4.69) is 5.32 Å². The van der Waals surface area contributed by atoms with Crippen LogP contribution in [0.1, 0.15) is 22.8 Å². The van der Waals surface area contributed by atoms with Crippen molar-refractivity contribution in [1.82, 2.24) is 4.90 Å². The first kappa shape index (κ1) is 20.5. The number of benzene rings is 2. The summed E-state index contributed by atoms with van der Waals surface area (Å²) in [5, 5.41) is 3.29. The number of nitrogens with one attached hydrogen (secondary N) is 1. The van der Waals surface area contributed by atoms with Crippen LogP contribution < -0.4 is 5.32 Å². The smallest absolute Gasteiger partial charge is 0.339 e. The number of para-hydroxylation sites is 1. The van der Waals surface area contributed by atoms with Gasteiger partial charge in [0.05, 0.1) is 24.9 Å². The molecule has 0 spiro atoms. The van der Waals surface area contributed by atoms with Gasteiger partial charge in [0.25, 0.3) is 0 Å². The summed E-state index contributed by atoms with van der Waals surface area (Å²) in [6.07, 6.45) is 0.576. The van der Waals surface area contributed by atoms with Gasteiger partial charge < -0.3 is 15.0 Å². The molecular formula is C20H21ClN2O4. The van der Waals surface area contributed by atoms with Gasteiger partial charge in [0.15, 0.2) is 0 Å². The van der Waals surface area contributed by atoms with Crippen molar-refractivity contribution in [2.45, 2.75) is 13.3 Å². The fraction of sp³-hybridized carbons (Fsp3) is 0.250. The summed E-state index contributed by atoms with van der Waals surface area (Å²) < 4.78 is 4.71. The van der Waals surface area contributed by atoms with Crippen molar-refractivity contribution in [3.8, 4) is 0 Å². The van der Waals surface area contributed by atoms with E-state index in [9.17, 15) is 14.4 Å². The first-order valence-corrected chi connectivity index (χ1v) is 8.75. The molecule has 0 heterocycles.